The first-order valence-corrected chi connectivity index (χ1v) is 9.68. The number of guanidine groups is 1. The highest BCUT2D eigenvalue weighted by molar-refractivity contribution is 5.79. The van der Waals surface area contributed by atoms with E-state index in [2.05, 4.69) is 38.3 Å². The van der Waals surface area contributed by atoms with Crippen molar-refractivity contribution in [2.45, 2.75) is 66.2 Å². The van der Waals surface area contributed by atoms with Crippen LogP contribution in [-0.2, 0) is 4.74 Å². The molecule has 1 saturated heterocycles. The Morgan fingerprint density at radius 2 is 1.88 bits per heavy atom. The van der Waals surface area contributed by atoms with Crippen LogP contribution in [0.15, 0.2) is 4.99 Å². The summed E-state index contributed by atoms with van der Waals surface area (Å²) in [7, 11) is 0. The Hall–Kier alpha value is -0.810. The van der Waals surface area contributed by atoms with Crippen LogP contribution in [0.1, 0.15) is 66.2 Å². The highest BCUT2D eigenvalue weighted by atomic mass is 16.5. The Labute approximate surface area is 148 Å². The molecule has 0 aromatic heterocycles. The molecule has 1 aliphatic rings. The van der Waals surface area contributed by atoms with Gasteiger partial charge in [0.2, 0.25) is 0 Å². The molecule has 0 amide bonds. The summed E-state index contributed by atoms with van der Waals surface area (Å²) in [6.45, 7) is 13.0. The van der Waals surface area contributed by atoms with Gasteiger partial charge in [0.15, 0.2) is 5.96 Å². The van der Waals surface area contributed by atoms with Crippen LogP contribution in [0.5, 0.6) is 0 Å². The average Bonchev–Trinajstić information content (AvgIpc) is 2.58. The Morgan fingerprint density at radius 1 is 1.17 bits per heavy atom. The molecule has 5 heteroatoms. The largest absolute Gasteiger partial charge is 0.396 e. The number of hydrogen-bond acceptors (Lipinski definition) is 3. The van der Waals surface area contributed by atoms with Gasteiger partial charge < -0.3 is 20.5 Å². The first kappa shape index (κ1) is 21.2. The first-order chi connectivity index (χ1) is 11.5. The monoisotopic (exact) mass is 341 g/mol. The zero-order valence-corrected chi connectivity index (χ0v) is 16.3. The van der Waals surface area contributed by atoms with Gasteiger partial charge in [0.1, 0.15) is 0 Å². The number of aliphatic hydroxyl groups is 1. The molecular formula is C19H39N3O2. The lowest BCUT2D eigenvalue weighted by Crippen LogP contribution is -2.47. The van der Waals surface area contributed by atoms with E-state index in [-0.39, 0.29) is 17.4 Å². The quantitative estimate of drug-likeness (QED) is 0.325. The number of ether oxygens (including phenoxy) is 1. The topological polar surface area (TPSA) is 65.9 Å². The van der Waals surface area contributed by atoms with E-state index in [1.54, 1.807) is 0 Å². The minimum Gasteiger partial charge on any atom is -0.396 e. The second-order valence-corrected chi connectivity index (χ2v) is 7.94. The van der Waals surface area contributed by atoms with E-state index < -0.39 is 0 Å². The third kappa shape index (κ3) is 7.84. The molecule has 1 heterocycles. The van der Waals surface area contributed by atoms with Gasteiger partial charge in [0, 0.05) is 38.3 Å². The molecule has 0 radical (unpaired) electrons. The van der Waals surface area contributed by atoms with E-state index in [0.29, 0.717) is 0 Å². The van der Waals surface area contributed by atoms with Gasteiger partial charge in [-0.25, -0.2) is 0 Å². The first-order valence-electron chi connectivity index (χ1n) is 9.68. The summed E-state index contributed by atoms with van der Waals surface area (Å²) in [5, 5.41) is 16.6. The lowest BCUT2D eigenvalue weighted by molar-refractivity contribution is -0.0131. The standard InChI is InChI=1S/C19H39N3O2/c1-5-7-8-9-18(3,4)14-21-17(20-6-2)22-15-19(16-23)10-12-24-13-11-19/h23H,5-16H2,1-4H3,(H2,20,21,22). The van der Waals surface area contributed by atoms with E-state index in [0.717, 1.165) is 51.6 Å². The van der Waals surface area contributed by atoms with Crippen LogP contribution < -0.4 is 10.6 Å². The van der Waals surface area contributed by atoms with Crippen molar-refractivity contribution in [2.24, 2.45) is 15.8 Å². The molecule has 3 N–H and O–H groups in total. The SMILES string of the molecule is CCCCCC(C)(C)CN=C(NCC)NCC1(CO)CCOCC1. The molecule has 0 saturated carbocycles. The Balaban J connectivity index is 2.55. The molecule has 24 heavy (non-hydrogen) atoms. The van der Waals surface area contributed by atoms with Crippen molar-refractivity contribution in [1.82, 2.24) is 10.6 Å². The van der Waals surface area contributed by atoms with Gasteiger partial charge in [-0.1, -0.05) is 40.0 Å². The summed E-state index contributed by atoms with van der Waals surface area (Å²) < 4.78 is 5.44. The van der Waals surface area contributed by atoms with E-state index in [1.165, 1.54) is 25.7 Å². The molecule has 0 spiro atoms. The van der Waals surface area contributed by atoms with Crippen molar-refractivity contribution in [3.05, 3.63) is 0 Å². The number of aliphatic hydroxyl groups excluding tert-OH is 1. The van der Waals surface area contributed by atoms with Crippen LogP contribution >= 0.6 is 0 Å². The normalized spacial score (nSPS) is 18.5. The fraction of sp³-hybridized carbons (Fsp3) is 0.947. The maximum Gasteiger partial charge on any atom is 0.191 e. The third-order valence-corrected chi connectivity index (χ3v) is 4.99. The molecular weight excluding hydrogens is 302 g/mol. The van der Waals surface area contributed by atoms with Gasteiger partial charge in [0.05, 0.1) is 6.61 Å². The van der Waals surface area contributed by atoms with E-state index in [9.17, 15) is 5.11 Å². The third-order valence-electron chi connectivity index (χ3n) is 4.99. The molecule has 0 atom stereocenters. The molecule has 0 aromatic carbocycles. The number of rotatable bonds is 10. The minimum absolute atomic E-state index is 0.0783. The minimum atomic E-state index is -0.0783. The smallest absolute Gasteiger partial charge is 0.191 e. The van der Waals surface area contributed by atoms with Gasteiger partial charge in [-0.3, -0.25) is 4.99 Å². The van der Waals surface area contributed by atoms with E-state index in [4.69, 9.17) is 9.73 Å². The van der Waals surface area contributed by atoms with Gasteiger partial charge in [-0.15, -0.1) is 0 Å². The summed E-state index contributed by atoms with van der Waals surface area (Å²) in [6, 6.07) is 0. The summed E-state index contributed by atoms with van der Waals surface area (Å²) in [4.78, 5) is 4.80. The number of unbranched alkanes of at least 4 members (excludes halogenated alkanes) is 2. The van der Waals surface area contributed by atoms with E-state index in [1.807, 2.05) is 0 Å². The molecule has 1 fully saturated rings. The highest BCUT2D eigenvalue weighted by Gasteiger charge is 2.32. The molecule has 0 aliphatic carbocycles. The van der Waals surface area contributed by atoms with Gasteiger partial charge in [0.25, 0.3) is 0 Å². The average molecular weight is 342 g/mol. The van der Waals surface area contributed by atoms with Crippen LogP contribution in [0.25, 0.3) is 0 Å². The molecule has 1 rings (SSSR count). The predicted octanol–water partition coefficient (Wildman–Crippen LogP) is 2.94. The molecule has 0 bridgehead atoms. The van der Waals surface area contributed by atoms with Crippen molar-refractivity contribution >= 4 is 5.96 Å². The predicted molar refractivity (Wildman–Crippen MR) is 101 cm³/mol. The van der Waals surface area contributed by atoms with Crippen molar-refractivity contribution in [3.63, 3.8) is 0 Å². The molecule has 5 nitrogen and oxygen atoms in total. The number of hydrogen-bond donors (Lipinski definition) is 3. The summed E-state index contributed by atoms with van der Waals surface area (Å²) in [5.41, 5.74) is 0.149. The lowest BCUT2D eigenvalue weighted by atomic mass is 9.81. The Kier molecular flexibility index (Phi) is 9.67. The van der Waals surface area contributed by atoms with Crippen molar-refractivity contribution < 1.29 is 9.84 Å². The fourth-order valence-corrected chi connectivity index (χ4v) is 3.03. The lowest BCUT2D eigenvalue weighted by Gasteiger charge is -2.36. The summed E-state index contributed by atoms with van der Waals surface area (Å²) >= 11 is 0. The van der Waals surface area contributed by atoms with Gasteiger partial charge in [-0.05, 0) is 31.6 Å². The Morgan fingerprint density at radius 3 is 2.46 bits per heavy atom. The van der Waals surface area contributed by atoms with Crippen LogP contribution in [0, 0.1) is 10.8 Å². The highest BCUT2D eigenvalue weighted by Crippen LogP contribution is 2.29. The van der Waals surface area contributed by atoms with Crippen molar-refractivity contribution in [2.75, 3.05) is 39.5 Å². The summed E-state index contributed by atoms with van der Waals surface area (Å²) in [6.07, 6.45) is 6.85. The van der Waals surface area contributed by atoms with Crippen LogP contribution in [-0.4, -0.2) is 50.5 Å². The van der Waals surface area contributed by atoms with Gasteiger partial charge >= 0.3 is 0 Å². The van der Waals surface area contributed by atoms with Crippen LogP contribution in [0.3, 0.4) is 0 Å². The molecule has 142 valence electrons. The second kappa shape index (κ2) is 10.9. The second-order valence-electron chi connectivity index (χ2n) is 7.94. The maximum atomic E-state index is 9.81. The maximum absolute atomic E-state index is 9.81. The van der Waals surface area contributed by atoms with Crippen molar-refractivity contribution in [1.29, 1.82) is 0 Å². The zero-order chi connectivity index (χ0) is 17.9. The van der Waals surface area contributed by atoms with Crippen LogP contribution in [0.4, 0.5) is 0 Å². The molecule has 0 aromatic rings. The molecule has 0 unspecified atom stereocenters. The fourth-order valence-electron chi connectivity index (χ4n) is 3.03. The molecule has 1 aliphatic heterocycles. The van der Waals surface area contributed by atoms with Crippen LogP contribution in [0.2, 0.25) is 0 Å². The van der Waals surface area contributed by atoms with E-state index >= 15 is 0 Å². The summed E-state index contributed by atoms with van der Waals surface area (Å²) in [5.74, 6) is 0.861. The Bertz CT molecular complexity index is 364. The number of nitrogens with one attached hydrogen (secondary N) is 2. The van der Waals surface area contributed by atoms with Crippen molar-refractivity contribution in [3.8, 4) is 0 Å². The number of nitrogens with zero attached hydrogens (tertiary/aromatic N) is 1. The van der Waals surface area contributed by atoms with Gasteiger partial charge in [-0.2, -0.15) is 0 Å². The number of aliphatic imine (C=N–C) groups is 1. The zero-order valence-electron chi connectivity index (χ0n) is 16.3.